The predicted octanol–water partition coefficient (Wildman–Crippen LogP) is 1.01. The van der Waals surface area contributed by atoms with Crippen molar-refractivity contribution in [2.24, 2.45) is 11.8 Å². The van der Waals surface area contributed by atoms with Gasteiger partial charge in [-0.3, -0.25) is 4.79 Å². The molecule has 0 spiro atoms. The van der Waals surface area contributed by atoms with Gasteiger partial charge >= 0.3 is 0 Å². The minimum Gasteiger partial charge on any atom is -0.335 e. The number of carbonyl (C=O) groups excluding carboxylic acids is 1. The summed E-state index contributed by atoms with van der Waals surface area (Å²) in [6, 6.07) is 6.12. The molecule has 5 nitrogen and oxygen atoms in total. The third-order valence-corrected chi connectivity index (χ3v) is 4.85. The van der Waals surface area contributed by atoms with E-state index in [0.29, 0.717) is 23.4 Å². The number of likely N-dealkylation sites (tertiary alicyclic amines) is 1. The first-order valence-corrected chi connectivity index (χ1v) is 7.20. The molecule has 3 unspecified atom stereocenters. The number of aromatic nitrogens is 2. The maximum absolute atomic E-state index is 12.8. The van der Waals surface area contributed by atoms with Crippen LogP contribution >= 0.6 is 0 Å². The lowest BCUT2D eigenvalue weighted by Crippen LogP contribution is -2.38. The Balaban J connectivity index is 1.68. The molecule has 2 aromatic rings. The van der Waals surface area contributed by atoms with Crippen molar-refractivity contribution < 1.29 is 4.79 Å². The standard InChI is InChI=1S/C15H18N4O/c1-10-12-7-16-6-11(12)9-18(10)15(20)13-8-17-19-5-3-2-4-14(13)19/h2-5,8,10-12,16H,6-7,9H2,1H3. The molecule has 5 heteroatoms. The van der Waals surface area contributed by atoms with Crippen molar-refractivity contribution >= 4 is 11.4 Å². The number of rotatable bonds is 1. The van der Waals surface area contributed by atoms with Crippen LogP contribution in [-0.2, 0) is 0 Å². The van der Waals surface area contributed by atoms with Crippen molar-refractivity contribution in [3.8, 4) is 0 Å². The first-order chi connectivity index (χ1) is 9.75. The van der Waals surface area contributed by atoms with E-state index < -0.39 is 0 Å². The van der Waals surface area contributed by atoms with E-state index in [0.717, 1.165) is 25.2 Å². The van der Waals surface area contributed by atoms with Crippen LogP contribution in [0.1, 0.15) is 17.3 Å². The highest BCUT2D eigenvalue weighted by atomic mass is 16.2. The molecular formula is C15H18N4O. The number of amides is 1. The fourth-order valence-corrected chi connectivity index (χ4v) is 3.69. The Kier molecular flexibility index (Phi) is 2.57. The van der Waals surface area contributed by atoms with E-state index in [1.54, 1.807) is 10.7 Å². The van der Waals surface area contributed by atoms with Gasteiger partial charge < -0.3 is 10.2 Å². The smallest absolute Gasteiger partial charge is 0.257 e. The molecule has 104 valence electrons. The van der Waals surface area contributed by atoms with Crippen molar-refractivity contribution in [2.75, 3.05) is 19.6 Å². The van der Waals surface area contributed by atoms with Crippen molar-refractivity contribution in [3.05, 3.63) is 36.2 Å². The van der Waals surface area contributed by atoms with Crippen molar-refractivity contribution in [1.29, 1.82) is 0 Å². The van der Waals surface area contributed by atoms with E-state index in [9.17, 15) is 4.79 Å². The lowest BCUT2D eigenvalue weighted by molar-refractivity contribution is 0.0730. The highest BCUT2D eigenvalue weighted by Crippen LogP contribution is 2.33. The molecule has 0 aliphatic carbocycles. The van der Waals surface area contributed by atoms with Crippen LogP contribution in [0.3, 0.4) is 0 Å². The van der Waals surface area contributed by atoms with E-state index in [1.165, 1.54) is 0 Å². The Hall–Kier alpha value is -1.88. The van der Waals surface area contributed by atoms with Crippen LogP contribution in [0.2, 0.25) is 0 Å². The second-order valence-electron chi connectivity index (χ2n) is 5.87. The Bertz CT molecular complexity index is 665. The lowest BCUT2D eigenvalue weighted by atomic mass is 9.95. The summed E-state index contributed by atoms with van der Waals surface area (Å²) in [4.78, 5) is 14.8. The van der Waals surface area contributed by atoms with Crippen LogP contribution in [-0.4, -0.2) is 46.1 Å². The maximum atomic E-state index is 12.8. The van der Waals surface area contributed by atoms with Crippen LogP contribution in [0.15, 0.2) is 30.6 Å². The molecule has 2 aromatic heterocycles. The molecule has 1 amide bonds. The number of hydrogen-bond donors (Lipinski definition) is 1. The van der Waals surface area contributed by atoms with Gasteiger partial charge in [0.2, 0.25) is 0 Å². The molecule has 0 radical (unpaired) electrons. The molecule has 4 heterocycles. The number of pyridine rings is 1. The zero-order valence-electron chi connectivity index (χ0n) is 11.5. The van der Waals surface area contributed by atoms with Gasteiger partial charge in [-0.05, 0) is 30.9 Å². The number of fused-ring (bicyclic) bond motifs is 2. The molecule has 4 rings (SSSR count). The Morgan fingerprint density at radius 1 is 1.40 bits per heavy atom. The maximum Gasteiger partial charge on any atom is 0.257 e. The number of carbonyl (C=O) groups is 1. The van der Waals surface area contributed by atoms with Crippen LogP contribution in [0.5, 0.6) is 0 Å². The van der Waals surface area contributed by atoms with E-state index in [2.05, 4.69) is 17.3 Å². The molecule has 2 fully saturated rings. The first-order valence-electron chi connectivity index (χ1n) is 7.20. The molecule has 0 bridgehead atoms. The van der Waals surface area contributed by atoms with Gasteiger partial charge in [-0.25, -0.2) is 4.52 Å². The second kappa shape index (κ2) is 4.31. The zero-order chi connectivity index (χ0) is 13.7. The fourth-order valence-electron chi connectivity index (χ4n) is 3.69. The molecule has 2 saturated heterocycles. The van der Waals surface area contributed by atoms with Gasteiger partial charge in [-0.1, -0.05) is 6.07 Å². The summed E-state index contributed by atoms with van der Waals surface area (Å²) < 4.78 is 1.76. The van der Waals surface area contributed by atoms with Gasteiger partial charge in [0.25, 0.3) is 5.91 Å². The van der Waals surface area contributed by atoms with Gasteiger partial charge in [0.15, 0.2) is 0 Å². The van der Waals surface area contributed by atoms with Crippen molar-refractivity contribution in [3.63, 3.8) is 0 Å². The van der Waals surface area contributed by atoms with E-state index >= 15 is 0 Å². The average Bonchev–Trinajstić information content (AvgIpc) is 3.14. The van der Waals surface area contributed by atoms with Crippen LogP contribution < -0.4 is 5.32 Å². The van der Waals surface area contributed by atoms with E-state index in [1.807, 2.05) is 29.3 Å². The third-order valence-electron chi connectivity index (χ3n) is 4.85. The summed E-state index contributed by atoms with van der Waals surface area (Å²) in [5, 5.41) is 7.69. The Labute approximate surface area is 117 Å². The molecule has 0 aromatic carbocycles. The first kappa shape index (κ1) is 11.9. The fraction of sp³-hybridized carbons (Fsp3) is 0.467. The molecule has 20 heavy (non-hydrogen) atoms. The summed E-state index contributed by atoms with van der Waals surface area (Å²) in [5.74, 6) is 1.32. The monoisotopic (exact) mass is 270 g/mol. The number of nitrogens with one attached hydrogen (secondary N) is 1. The van der Waals surface area contributed by atoms with Crippen molar-refractivity contribution in [1.82, 2.24) is 19.8 Å². The van der Waals surface area contributed by atoms with Crippen LogP contribution in [0.25, 0.3) is 5.52 Å². The predicted molar refractivity (Wildman–Crippen MR) is 75.5 cm³/mol. The average molecular weight is 270 g/mol. The van der Waals surface area contributed by atoms with Gasteiger partial charge in [-0.15, -0.1) is 0 Å². The minimum absolute atomic E-state index is 0.119. The molecule has 2 aliphatic rings. The molecule has 3 atom stereocenters. The van der Waals surface area contributed by atoms with E-state index in [4.69, 9.17) is 0 Å². The van der Waals surface area contributed by atoms with Gasteiger partial charge in [0, 0.05) is 31.9 Å². The zero-order valence-corrected chi connectivity index (χ0v) is 11.5. The highest BCUT2D eigenvalue weighted by Gasteiger charge is 2.44. The Morgan fingerprint density at radius 3 is 3.15 bits per heavy atom. The van der Waals surface area contributed by atoms with Crippen LogP contribution in [0, 0.1) is 11.8 Å². The summed E-state index contributed by atoms with van der Waals surface area (Å²) in [5.41, 5.74) is 1.60. The Morgan fingerprint density at radius 2 is 2.30 bits per heavy atom. The molecule has 1 N–H and O–H groups in total. The third kappa shape index (κ3) is 1.59. The topological polar surface area (TPSA) is 49.6 Å². The minimum atomic E-state index is 0.119. The van der Waals surface area contributed by atoms with Gasteiger partial charge in [0.05, 0.1) is 17.3 Å². The summed E-state index contributed by atoms with van der Waals surface area (Å²) in [6.07, 6.45) is 3.56. The molecule has 0 saturated carbocycles. The SMILES string of the molecule is CC1C2CNCC2CN1C(=O)c1cnn2ccccc12. The highest BCUT2D eigenvalue weighted by molar-refractivity contribution is 6.00. The van der Waals surface area contributed by atoms with E-state index in [-0.39, 0.29) is 5.91 Å². The second-order valence-corrected chi connectivity index (χ2v) is 5.87. The van der Waals surface area contributed by atoms with Crippen LogP contribution in [0.4, 0.5) is 0 Å². The van der Waals surface area contributed by atoms with Gasteiger partial charge in [0.1, 0.15) is 0 Å². The molecular weight excluding hydrogens is 252 g/mol. The summed E-state index contributed by atoms with van der Waals surface area (Å²) >= 11 is 0. The number of nitrogens with zero attached hydrogens (tertiary/aromatic N) is 3. The van der Waals surface area contributed by atoms with Gasteiger partial charge in [-0.2, -0.15) is 5.10 Å². The molecule has 2 aliphatic heterocycles. The lowest BCUT2D eigenvalue weighted by Gasteiger charge is -2.24. The summed E-state index contributed by atoms with van der Waals surface area (Å²) in [6.45, 7) is 5.10. The quantitative estimate of drug-likeness (QED) is 0.841. The number of hydrogen-bond acceptors (Lipinski definition) is 3. The van der Waals surface area contributed by atoms with Crippen molar-refractivity contribution in [2.45, 2.75) is 13.0 Å². The summed E-state index contributed by atoms with van der Waals surface area (Å²) in [7, 11) is 0. The largest absolute Gasteiger partial charge is 0.335 e. The normalized spacial score (nSPS) is 29.1.